The summed E-state index contributed by atoms with van der Waals surface area (Å²) in [5.74, 6) is 0. The maximum atomic E-state index is 5.86. The van der Waals surface area contributed by atoms with E-state index in [2.05, 4.69) is 28.9 Å². The van der Waals surface area contributed by atoms with Crippen LogP contribution in [0.1, 0.15) is 18.9 Å². The average molecular weight is 302 g/mol. The third-order valence-electron chi connectivity index (χ3n) is 2.91. The van der Waals surface area contributed by atoms with Gasteiger partial charge in [0, 0.05) is 26.9 Å². The molecule has 0 amide bonds. The maximum absolute atomic E-state index is 5.86. The molecule has 2 atom stereocenters. The van der Waals surface area contributed by atoms with Gasteiger partial charge in [0.2, 0.25) is 0 Å². The number of rotatable bonds is 2. The van der Waals surface area contributed by atoms with Crippen LogP contribution in [0.4, 0.5) is 5.69 Å². The van der Waals surface area contributed by atoms with E-state index in [1.54, 1.807) is 0 Å². The van der Waals surface area contributed by atoms with Crippen molar-refractivity contribution in [3.8, 4) is 0 Å². The molecule has 0 bridgehead atoms. The molecule has 16 heavy (non-hydrogen) atoms. The first-order valence-electron chi connectivity index (χ1n) is 5.42. The van der Waals surface area contributed by atoms with E-state index in [9.17, 15) is 0 Å². The van der Waals surface area contributed by atoms with Crippen molar-refractivity contribution in [3.63, 3.8) is 0 Å². The maximum Gasteiger partial charge on any atom is 0.0669 e. The van der Waals surface area contributed by atoms with Gasteiger partial charge in [0.05, 0.1) is 6.10 Å². The van der Waals surface area contributed by atoms with Gasteiger partial charge in [0.25, 0.3) is 0 Å². The Balaban J connectivity index is 2.18. The van der Waals surface area contributed by atoms with Crippen molar-refractivity contribution in [2.75, 3.05) is 12.3 Å². The Labute approximate surface area is 109 Å². The molecule has 1 aliphatic rings. The van der Waals surface area contributed by atoms with Crippen molar-refractivity contribution in [1.82, 2.24) is 0 Å². The van der Waals surface area contributed by atoms with Crippen LogP contribution in [0.5, 0.6) is 0 Å². The lowest BCUT2D eigenvalue weighted by atomic mass is 10.2. The van der Waals surface area contributed by atoms with Gasteiger partial charge < -0.3 is 10.5 Å². The first-order valence-corrected chi connectivity index (χ1v) is 7.09. The predicted molar refractivity (Wildman–Crippen MR) is 73.0 cm³/mol. The molecule has 2 unspecified atom stereocenters. The van der Waals surface area contributed by atoms with Crippen molar-refractivity contribution in [2.45, 2.75) is 36.5 Å². The molecule has 1 aliphatic heterocycles. The first kappa shape index (κ1) is 12.3. The third kappa shape index (κ3) is 2.55. The molecule has 1 aromatic carbocycles. The minimum Gasteiger partial charge on any atom is -0.398 e. The summed E-state index contributed by atoms with van der Waals surface area (Å²) in [6, 6.07) is 4.13. The number of hydrogen-bond acceptors (Lipinski definition) is 3. The lowest BCUT2D eigenvalue weighted by molar-refractivity contribution is 0.127. The molecule has 0 aromatic heterocycles. The summed E-state index contributed by atoms with van der Waals surface area (Å²) in [5, 5.41) is 0.555. The molecule has 88 valence electrons. The molecule has 1 aromatic rings. The molecule has 2 nitrogen and oxygen atoms in total. The van der Waals surface area contributed by atoms with Crippen LogP contribution in [-0.2, 0) is 4.74 Å². The number of nitrogens with two attached hydrogens (primary N) is 1. The van der Waals surface area contributed by atoms with Gasteiger partial charge >= 0.3 is 0 Å². The summed E-state index contributed by atoms with van der Waals surface area (Å²) in [6.45, 7) is 5.06. The van der Waals surface area contributed by atoms with Gasteiger partial charge in [-0.3, -0.25) is 0 Å². The normalized spacial score (nSPS) is 24.9. The molecule has 4 heteroatoms. The van der Waals surface area contributed by atoms with E-state index in [4.69, 9.17) is 10.5 Å². The quantitative estimate of drug-likeness (QED) is 0.848. The van der Waals surface area contributed by atoms with Gasteiger partial charge in [-0.05, 0) is 53.9 Å². The molecule has 0 saturated carbocycles. The Morgan fingerprint density at radius 3 is 2.88 bits per heavy atom. The second-order valence-corrected chi connectivity index (χ2v) is 6.30. The Hall–Kier alpha value is -0.190. The van der Waals surface area contributed by atoms with Crippen molar-refractivity contribution in [2.24, 2.45) is 0 Å². The van der Waals surface area contributed by atoms with Crippen LogP contribution in [0.3, 0.4) is 0 Å². The SMILES string of the molecule is Cc1cc(SC2CCOC2C)c(Br)cc1N. The van der Waals surface area contributed by atoms with Crippen LogP contribution in [-0.4, -0.2) is 18.0 Å². The highest BCUT2D eigenvalue weighted by atomic mass is 79.9. The van der Waals surface area contributed by atoms with Gasteiger partial charge in [-0.2, -0.15) is 0 Å². The topological polar surface area (TPSA) is 35.2 Å². The van der Waals surface area contributed by atoms with Crippen molar-refractivity contribution >= 4 is 33.4 Å². The highest BCUT2D eigenvalue weighted by Gasteiger charge is 2.25. The van der Waals surface area contributed by atoms with E-state index < -0.39 is 0 Å². The van der Waals surface area contributed by atoms with E-state index in [0.29, 0.717) is 11.4 Å². The van der Waals surface area contributed by atoms with Crippen molar-refractivity contribution in [3.05, 3.63) is 22.2 Å². The molecule has 2 rings (SSSR count). The van der Waals surface area contributed by atoms with Gasteiger partial charge in [-0.25, -0.2) is 0 Å². The largest absolute Gasteiger partial charge is 0.398 e. The minimum atomic E-state index is 0.342. The van der Waals surface area contributed by atoms with Gasteiger partial charge in [0.15, 0.2) is 0 Å². The number of benzene rings is 1. The zero-order valence-electron chi connectivity index (χ0n) is 9.50. The van der Waals surface area contributed by atoms with Gasteiger partial charge in [-0.15, -0.1) is 11.8 Å². The van der Waals surface area contributed by atoms with Crippen LogP contribution < -0.4 is 5.73 Å². The van der Waals surface area contributed by atoms with Crippen LogP contribution in [0.15, 0.2) is 21.5 Å². The van der Waals surface area contributed by atoms with E-state index in [-0.39, 0.29) is 0 Å². The number of aryl methyl sites for hydroxylation is 1. The molecular weight excluding hydrogens is 286 g/mol. The molecule has 1 saturated heterocycles. The lowest BCUT2D eigenvalue weighted by Crippen LogP contribution is -2.13. The molecule has 1 heterocycles. The van der Waals surface area contributed by atoms with Crippen LogP contribution in [0, 0.1) is 6.92 Å². The molecule has 0 spiro atoms. The van der Waals surface area contributed by atoms with Crippen LogP contribution in [0.25, 0.3) is 0 Å². The van der Waals surface area contributed by atoms with E-state index in [1.807, 2.05) is 24.8 Å². The van der Waals surface area contributed by atoms with E-state index in [1.165, 1.54) is 4.90 Å². The zero-order valence-corrected chi connectivity index (χ0v) is 11.9. The predicted octanol–water partition coefficient (Wildman–Crippen LogP) is 3.61. The monoisotopic (exact) mass is 301 g/mol. The Bertz CT molecular complexity index is 397. The number of thioether (sulfide) groups is 1. The molecule has 2 N–H and O–H groups in total. The summed E-state index contributed by atoms with van der Waals surface area (Å²) in [6.07, 6.45) is 1.47. The average Bonchev–Trinajstić information content (AvgIpc) is 2.61. The van der Waals surface area contributed by atoms with Crippen molar-refractivity contribution < 1.29 is 4.74 Å². The number of hydrogen-bond donors (Lipinski definition) is 1. The zero-order chi connectivity index (χ0) is 11.7. The number of halogens is 1. The summed E-state index contributed by atoms with van der Waals surface area (Å²) in [5.41, 5.74) is 7.84. The second kappa shape index (κ2) is 4.98. The third-order valence-corrected chi connectivity index (χ3v) is 5.34. The standard InChI is InChI=1S/C12H16BrNOS/c1-7-5-12(9(13)6-10(7)14)16-11-3-4-15-8(11)2/h5-6,8,11H,3-4,14H2,1-2H3. The Kier molecular flexibility index (Phi) is 3.82. The first-order chi connectivity index (χ1) is 7.58. The van der Waals surface area contributed by atoms with Gasteiger partial charge in [0.1, 0.15) is 0 Å². The summed E-state index contributed by atoms with van der Waals surface area (Å²) >= 11 is 5.45. The molecule has 1 fully saturated rings. The number of ether oxygens (including phenoxy) is 1. The minimum absolute atomic E-state index is 0.342. The fourth-order valence-electron chi connectivity index (χ4n) is 1.79. The highest BCUT2D eigenvalue weighted by molar-refractivity contribution is 9.10. The molecular formula is C12H16BrNOS. The molecule has 0 radical (unpaired) electrons. The second-order valence-electron chi connectivity index (χ2n) is 4.16. The van der Waals surface area contributed by atoms with Gasteiger partial charge in [-0.1, -0.05) is 0 Å². The lowest BCUT2D eigenvalue weighted by Gasteiger charge is -2.15. The Morgan fingerprint density at radius 2 is 2.25 bits per heavy atom. The number of anilines is 1. The van der Waals surface area contributed by atoms with Crippen LogP contribution in [0.2, 0.25) is 0 Å². The fourth-order valence-corrected chi connectivity index (χ4v) is 3.66. The highest BCUT2D eigenvalue weighted by Crippen LogP contribution is 2.38. The molecule has 0 aliphatic carbocycles. The van der Waals surface area contributed by atoms with Crippen molar-refractivity contribution in [1.29, 1.82) is 0 Å². The smallest absolute Gasteiger partial charge is 0.0669 e. The number of nitrogen functional groups attached to an aromatic ring is 1. The van der Waals surface area contributed by atoms with Crippen LogP contribution >= 0.6 is 27.7 Å². The summed E-state index contributed by atoms with van der Waals surface area (Å²) < 4.78 is 6.65. The van der Waals surface area contributed by atoms with E-state index >= 15 is 0 Å². The summed E-state index contributed by atoms with van der Waals surface area (Å²) in [7, 11) is 0. The van der Waals surface area contributed by atoms with E-state index in [0.717, 1.165) is 28.8 Å². The summed E-state index contributed by atoms with van der Waals surface area (Å²) in [4.78, 5) is 1.26. The Morgan fingerprint density at radius 1 is 1.50 bits per heavy atom. The fraction of sp³-hybridized carbons (Fsp3) is 0.500.